The van der Waals surface area contributed by atoms with E-state index >= 15 is 0 Å². The molecule has 3 heteroatoms. The molecule has 88 valence electrons. The topological polar surface area (TPSA) is 46.2 Å². The molecule has 0 fully saturated rings. The highest BCUT2D eigenvalue weighted by atomic mass is 16.2. The number of rotatable bonds is 6. The lowest BCUT2D eigenvalue weighted by atomic mass is 10.0. The summed E-state index contributed by atoms with van der Waals surface area (Å²) in [5.41, 5.74) is 0. The number of hydrogen-bond acceptors (Lipinski definition) is 2. The van der Waals surface area contributed by atoms with Crippen LogP contribution in [0.1, 0.15) is 47.5 Å². The van der Waals surface area contributed by atoms with Gasteiger partial charge in [0, 0.05) is 6.42 Å². The second kappa shape index (κ2) is 6.59. The fraction of sp³-hybridized carbons (Fsp3) is 0.833. The van der Waals surface area contributed by atoms with E-state index in [0.29, 0.717) is 18.3 Å². The molecule has 0 bridgehead atoms. The lowest BCUT2D eigenvalue weighted by molar-refractivity contribution is -0.127. The van der Waals surface area contributed by atoms with Crippen molar-refractivity contribution in [3.63, 3.8) is 0 Å². The average Bonchev–Trinajstić information content (AvgIpc) is 1.99. The molecule has 1 amide bonds. The van der Waals surface area contributed by atoms with E-state index in [2.05, 4.69) is 5.32 Å². The SMILES string of the molecule is CC(=O)C(CC(C)C)NC(=O)CC(C)C. The van der Waals surface area contributed by atoms with Gasteiger partial charge < -0.3 is 5.32 Å². The molecule has 1 unspecified atom stereocenters. The van der Waals surface area contributed by atoms with Gasteiger partial charge >= 0.3 is 0 Å². The first-order valence-electron chi connectivity index (χ1n) is 5.62. The predicted molar refractivity (Wildman–Crippen MR) is 61.5 cm³/mol. The van der Waals surface area contributed by atoms with Crippen LogP contribution in [-0.2, 0) is 9.59 Å². The number of amides is 1. The predicted octanol–water partition coefficient (Wildman–Crippen LogP) is 2.15. The standard InChI is InChI=1S/C12H23NO2/c1-8(2)6-11(10(5)14)13-12(15)7-9(3)4/h8-9,11H,6-7H2,1-5H3,(H,13,15). The number of nitrogens with one attached hydrogen (secondary N) is 1. The molecule has 0 aliphatic heterocycles. The molecule has 3 nitrogen and oxygen atoms in total. The van der Waals surface area contributed by atoms with Crippen molar-refractivity contribution in [3.8, 4) is 0 Å². The largest absolute Gasteiger partial charge is 0.346 e. The second-order valence-corrected chi connectivity index (χ2v) is 4.96. The maximum Gasteiger partial charge on any atom is 0.220 e. The van der Waals surface area contributed by atoms with Gasteiger partial charge in [-0.05, 0) is 25.2 Å². The molecule has 0 saturated heterocycles. The van der Waals surface area contributed by atoms with Gasteiger partial charge in [0.15, 0.2) is 5.78 Å². The Morgan fingerprint density at radius 1 is 1.07 bits per heavy atom. The minimum atomic E-state index is -0.309. The summed E-state index contributed by atoms with van der Waals surface area (Å²) in [5, 5.41) is 2.79. The van der Waals surface area contributed by atoms with E-state index in [0.717, 1.165) is 6.42 Å². The number of carbonyl (C=O) groups excluding carboxylic acids is 2. The Balaban J connectivity index is 4.16. The molecule has 0 heterocycles. The first-order valence-corrected chi connectivity index (χ1v) is 5.62. The van der Waals surface area contributed by atoms with Gasteiger partial charge in [0.25, 0.3) is 0 Å². The first-order chi connectivity index (χ1) is 6.82. The second-order valence-electron chi connectivity index (χ2n) is 4.96. The fourth-order valence-corrected chi connectivity index (χ4v) is 1.42. The summed E-state index contributed by atoms with van der Waals surface area (Å²) in [6.07, 6.45) is 1.21. The molecule has 15 heavy (non-hydrogen) atoms. The van der Waals surface area contributed by atoms with E-state index in [1.165, 1.54) is 6.92 Å². The molecule has 0 aromatic carbocycles. The zero-order chi connectivity index (χ0) is 12.0. The van der Waals surface area contributed by atoms with E-state index in [1.807, 2.05) is 27.7 Å². The molecular weight excluding hydrogens is 190 g/mol. The molecule has 0 saturated carbocycles. The number of Topliss-reactive ketones (excluding diaryl/α,β-unsaturated/α-hetero) is 1. The van der Waals surface area contributed by atoms with Crippen molar-refractivity contribution in [2.75, 3.05) is 0 Å². The summed E-state index contributed by atoms with van der Waals surface area (Å²) >= 11 is 0. The third-order valence-corrected chi connectivity index (χ3v) is 2.13. The van der Waals surface area contributed by atoms with Gasteiger partial charge in [-0.25, -0.2) is 0 Å². The summed E-state index contributed by atoms with van der Waals surface area (Å²) in [6, 6.07) is -0.309. The van der Waals surface area contributed by atoms with Crippen LogP contribution in [0.2, 0.25) is 0 Å². The summed E-state index contributed by atoms with van der Waals surface area (Å²) < 4.78 is 0. The number of carbonyl (C=O) groups is 2. The highest BCUT2D eigenvalue weighted by molar-refractivity contribution is 5.87. The van der Waals surface area contributed by atoms with Gasteiger partial charge in [-0.1, -0.05) is 27.7 Å². The van der Waals surface area contributed by atoms with Gasteiger partial charge in [0.1, 0.15) is 0 Å². The van der Waals surface area contributed by atoms with Crippen LogP contribution in [0.5, 0.6) is 0 Å². The minimum Gasteiger partial charge on any atom is -0.346 e. The normalized spacial score (nSPS) is 13.0. The van der Waals surface area contributed by atoms with Crippen LogP contribution >= 0.6 is 0 Å². The number of ketones is 1. The molecular formula is C12H23NO2. The van der Waals surface area contributed by atoms with Crippen LogP contribution in [0.4, 0.5) is 0 Å². The highest BCUT2D eigenvalue weighted by Gasteiger charge is 2.18. The molecule has 0 aliphatic rings. The Labute approximate surface area is 92.6 Å². The molecule has 0 aromatic rings. The fourth-order valence-electron chi connectivity index (χ4n) is 1.42. The van der Waals surface area contributed by atoms with Gasteiger partial charge in [0.2, 0.25) is 5.91 Å². The molecule has 0 spiro atoms. The van der Waals surface area contributed by atoms with Crippen LogP contribution in [-0.4, -0.2) is 17.7 Å². The Bertz CT molecular complexity index is 222. The van der Waals surface area contributed by atoms with E-state index in [1.54, 1.807) is 0 Å². The third-order valence-electron chi connectivity index (χ3n) is 2.13. The maximum atomic E-state index is 11.5. The quantitative estimate of drug-likeness (QED) is 0.735. The van der Waals surface area contributed by atoms with Crippen LogP contribution in [0.15, 0.2) is 0 Å². The Morgan fingerprint density at radius 3 is 1.93 bits per heavy atom. The lowest BCUT2D eigenvalue weighted by Crippen LogP contribution is -2.41. The van der Waals surface area contributed by atoms with E-state index in [4.69, 9.17) is 0 Å². The van der Waals surface area contributed by atoms with Crippen molar-refractivity contribution < 1.29 is 9.59 Å². The van der Waals surface area contributed by atoms with Crippen molar-refractivity contribution in [2.24, 2.45) is 11.8 Å². The van der Waals surface area contributed by atoms with Crippen LogP contribution in [0.3, 0.4) is 0 Å². The zero-order valence-electron chi connectivity index (χ0n) is 10.5. The minimum absolute atomic E-state index is 0.0224. The molecule has 1 N–H and O–H groups in total. The van der Waals surface area contributed by atoms with Crippen LogP contribution < -0.4 is 5.32 Å². The maximum absolute atomic E-state index is 11.5. The molecule has 0 radical (unpaired) electrons. The van der Waals surface area contributed by atoms with Crippen LogP contribution in [0, 0.1) is 11.8 Å². The van der Waals surface area contributed by atoms with Gasteiger partial charge in [0.05, 0.1) is 6.04 Å². The Kier molecular flexibility index (Phi) is 6.21. The van der Waals surface area contributed by atoms with Crippen molar-refractivity contribution in [2.45, 2.75) is 53.5 Å². The monoisotopic (exact) mass is 213 g/mol. The summed E-state index contributed by atoms with van der Waals surface area (Å²) in [5.74, 6) is 0.765. The van der Waals surface area contributed by atoms with Crippen molar-refractivity contribution in [1.82, 2.24) is 5.32 Å². The zero-order valence-corrected chi connectivity index (χ0v) is 10.5. The van der Waals surface area contributed by atoms with E-state index in [9.17, 15) is 9.59 Å². The average molecular weight is 213 g/mol. The van der Waals surface area contributed by atoms with E-state index < -0.39 is 0 Å². The highest BCUT2D eigenvalue weighted by Crippen LogP contribution is 2.07. The Hall–Kier alpha value is -0.860. The third kappa shape index (κ3) is 7.11. The first kappa shape index (κ1) is 14.1. The van der Waals surface area contributed by atoms with Crippen molar-refractivity contribution >= 4 is 11.7 Å². The van der Waals surface area contributed by atoms with Gasteiger partial charge in [-0.3, -0.25) is 9.59 Å². The molecule has 0 aromatic heterocycles. The van der Waals surface area contributed by atoms with E-state index in [-0.39, 0.29) is 17.7 Å². The summed E-state index contributed by atoms with van der Waals surface area (Å²) in [7, 11) is 0. The van der Waals surface area contributed by atoms with Crippen molar-refractivity contribution in [3.05, 3.63) is 0 Å². The summed E-state index contributed by atoms with van der Waals surface area (Å²) in [6.45, 7) is 9.60. The molecule has 1 atom stereocenters. The summed E-state index contributed by atoms with van der Waals surface area (Å²) in [4.78, 5) is 22.8. The van der Waals surface area contributed by atoms with Gasteiger partial charge in [-0.2, -0.15) is 0 Å². The van der Waals surface area contributed by atoms with Gasteiger partial charge in [-0.15, -0.1) is 0 Å². The smallest absolute Gasteiger partial charge is 0.220 e. The molecule has 0 aliphatic carbocycles. The Morgan fingerprint density at radius 2 is 1.60 bits per heavy atom. The van der Waals surface area contributed by atoms with Crippen molar-refractivity contribution in [1.29, 1.82) is 0 Å². The van der Waals surface area contributed by atoms with Crippen LogP contribution in [0.25, 0.3) is 0 Å². The molecule has 0 rings (SSSR count). The number of hydrogen-bond donors (Lipinski definition) is 1. The lowest BCUT2D eigenvalue weighted by Gasteiger charge is -2.18.